The van der Waals surface area contributed by atoms with E-state index in [0.717, 1.165) is 0 Å². The second-order valence-corrected chi connectivity index (χ2v) is 2.06. The molecule has 0 rings (SSSR count). The molecule has 6 heteroatoms. The number of hydrogen-bond donors (Lipinski definition) is 2. The van der Waals surface area contributed by atoms with E-state index < -0.39 is 24.3 Å². The minimum atomic E-state index is -4.09. The Morgan fingerprint density at radius 1 is 1.50 bits per heavy atom. The lowest BCUT2D eigenvalue weighted by Crippen LogP contribution is -2.42. The first-order valence-electron chi connectivity index (χ1n) is 2.37. The summed E-state index contributed by atoms with van der Waals surface area (Å²) in [5.74, 6) is -4.09. The maximum Gasteiger partial charge on any atom is 0.319 e. The standard InChI is InChI=1S/C4H6ClF3O2/c5-3(6)4(7,8)2(10)1-9/h2-3,9-10H,1H2. The molecule has 0 fully saturated rings. The van der Waals surface area contributed by atoms with Crippen LogP contribution in [-0.2, 0) is 0 Å². The highest BCUT2D eigenvalue weighted by Crippen LogP contribution is 2.27. The van der Waals surface area contributed by atoms with Crippen LogP contribution in [0.5, 0.6) is 0 Å². The number of aliphatic hydroxyl groups excluding tert-OH is 2. The van der Waals surface area contributed by atoms with Crippen LogP contribution in [0.2, 0.25) is 0 Å². The van der Waals surface area contributed by atoms with Crippen molar-refractivity contribution in [3.8, 4) is 0 Å². The van der Waals surface area contributed by atoms with Crippen LogP contribution in [-0.4, -0.2) is 34.5 Å². The summed E-state index contributed by atoms with van der Waals surface area (Å²) in [7, 11) is 0. The molecule has 2 atom stereocenters. The largest absolute Gasteiger partial charge is 0.393 e. The molecule has 62 valence electrons. The van der Waals surface area contributed by atoms with Gasteiger partial charge in [-0.3, -0.25) is 0 Å². The van der Waals surface area contributed by atoms with Crippen LogP contribution in [0.3, 0.4) is 0 Å². The fourth-order valence-electron chi connectivity index (χ4n) is 0.267. The highest BCUT2D eigenvalue weighted by Gasteiger charge is 2.46. The second kappa shape index (κ2) is 3.41. The van der Waals surface area contributed by atoms with Crippen molar-refractivity contribution >= 4 is 11.6 Å². The van der Waals surface area contributed by atoms with E-state index in [1.54, 1.807) is 0 Å². The van der Waals surface area contributed by atoms with Crippen LogP contribution in [0.15, 0.2) is 0 Å². The average molecular weight is 179 g/mol. The van der Waals surface area contributed by atoms with E-state index >= 15 is 0 Å². The average Bonchev–Trinajstić information content (AvgIpc) is 1.86. The van der Waals surface area contributed by atoms with E-state index in [2.05, 4.69) is 11.6 Å². The summed E-state index contributed by atoms with van der Waals surface area (Å²) < 4.78 is 35.7. The summed E-state index contributed by atoms with van der Waals surface area (Å²) in [5, 5.41) is 16.2. The Kier molecular flexibility index (Phi) is 3.41. The van der Waals surface area contributed by atoms with Crippen molar-refractivity contribution in [2.75, 3.05) is 6.61 Å². The number of hydrogen-bond acceptors (Lipinski definition) is 2. The van der Waals surface area contributed by atoms with Crippen molar-refractivity contribution in [3.63, 3.8) is 0 Å². The second-order valence-electron chi connectivity index (χ2n) is 1.67. The highest BCUT2D eigenvalue weighted by atomic mass is 35.5. The van der Waals surface area contributed by atoms with Crippen LogP contribution in [0.25, 0.3) is 0 Å². The molecule has 0 aromatic rings. The Morgan fingerprint density at radius 2 is 1.90 bits per heavy atom. The zero-order valence-corrected chi connectivity index (χ0v) is 5.52. The summed E-state index contributed by atoms with van der Waals surface area (Å²) in [5.41, 5.74) is -2.98. The Balaban J connectivity index is 4.09. The maximum absolute atomic E-state index is 12.0. The van der Waals surface area contributed by atoms with Crippen LogP contribution >= 0.6 is 11.6 Å². The first-order chi connectivity index (χ1) is 4.42. The molecule has 0 amide bonds. The summed E-state index contributed by atoms with van der Waals surface area (Å²) in [4.78, 5) is 0. The lowest BCUT2D eigenvalue weighted by Gasteiger charge is -2.20. The first kappa shape index (κ1) is 10.0. The van der Waals surface area contributed by atoms with Crippen molar-refractivity contribution in [2.24, 2.45) is 0 Å². The molecule has 0 saturated heterocycles. The van der Waals surface area contributed by atoms with Crippen molar-refractivity contribution in [2.45, 2.75) is 17.7 Å². The molecule has 2 unspecified atom stereocenters. The molecule has 0 aromatic heterocycles. The molecule has 0 aliphatic carbocycles. The third kappa shape index (κ3) is 2.00. The maximum atomic E-state index is 12.0. The van der Waals surface area contributed by atoms with Gasteiger partial charge in [0.1, 0.15) is 6.10 Å². The Labute approximate surface area is 60.2 Å². The van der Waals surface area contributed by atoms with Crippen molar-refractivity contribution in [1.82, 2.24) is 0 Å². The van der Waals surface area contributed by atoms with Crippen LogP contribution in [0, 0.1) is 0 Å². The lowest BCUT2D eigenvalue weighted by molar-refractivity contribution is -0.146. The van der Waals surface area contributed by atoms with Gasteiger partial charge in [0.25, 0.3) is 0 Å². The molecule has 2 nitrogen and oxygen atoms in total. The van der Waals surface area contributed by atoms with Gasteiger partial charge in [-0.1, -0.05) is 11.6 Å². The van der Waals surface area contributed by atoms with E-state index in [1.807, 2.05) is 0 Å². The van der Waals surface area contributed by atoms with E-state index in [1.165, 1.54) is 0 Å². The van der Waals surface area contributed by atoms with Crippen LogP contribution < -0.4 is 0 Å². The van der Waals surface area contributed by atoms with E-state index in [0.29, 0.717) is 0 Å². The van der Waals surface area contributed by atoms with Crippen LogP contribution in [0.4, 0.5) is 13.2 Å². The molecule has 0 bridgehead atoms. The van der Waals surface area contributed by atoms with Gasteiger partial charge in [-0.15, -0.1) is 0 Å². The highest BCUT2D eigenvalue weighted by molar-refractivity contribution is 6.20. The van der Waals surface area contributed by atoms with E-state index in [-0.39, 0.29) is 0 Å². The lowest BCUT2D eigenvalue weighted by atomic mass is 10.2. The SMILES string of the molecule is OCC(O)C(F)(F)C(F)Cl. The quantitative estimate of drug-likeness (QED) is 0.619. The minimum Gasteiger partial charge on any atom is -0.393 e. The molecule has 0 spiro atoms. The van der Waals surface area contributed by atoms with Gasteiger partial charge in [-0.25, -0.2) is 4.39 Å². The van der Waals surface area contributed by atoms with Gasteiger partial charge in [0.2, 0.25) is 5.63 Å². The summed E-state index contributed by atoms with van der Waals surface area (Å²) in [6.07, 6.45) is -2.44. The van der Waals surface area contributed by atoms with Gasteiger partial charge < -0.3 is 10.2 Å². The molecule has 0 aliphatic rings. The topological polar surface area (TPSA) is 40.5 Å². The predicted molar refractivity (Wildman–Crippen MR) is 28.8 cm³/mol. The molecule has 2 N–H and O–H groups in total. The molecular weight excluding hydrogens is 172 g/mol. The van der Waals surface area contributed by atoms with Gasteiger partial charge in [-0.05, 0) is 0 Å². The molecule has 0 aliphatic heterocycles. The van der Waals surface area contributed by atoms with Gasteiger partial charge >= 0.3 is 5.92 Å². The van der Waals surface area contributed by atoms with Gasteiger partial charge in [0.15, 0.2) is 0 Å². The molecule has 0 saturated carbocycles. The van der Waals surface area contributed by atoms with Crippen LogP contribution in [0.1, 0.15) is 0 Å². The number of alkyl halides is 4. The minimum absolute atomic E-state index is 1.22. The smallest absolute Gasteiger partial charge is 0.319 e. The number of halogens is 4. The molecular formula is C4H6ClF3O2. The molecule has 0 radical (unpaired) electrons. The van der Waals surface area contributed by atoms with Gasteiger partial charge in [0, 0.05) is 0 Å². The molecule has 10 heavy (non-hydrogen) atoms. The van der Waals surface area contributed by atoms with E-state index in [4.69, 9.17) is 10.2 Å². The monoisotopic (exact) mass is 178 g/mol. The van der Waals surface area contributed by atoms with Crippen molar-refractivity contribution in [3.05, 3.63) is 0 Å². The molecule has 0 aromatic carbocycles. The van der Waals surface area contributed by atoms with Gasteiger partial charge in [-0.2, -0.15) is 8.78 Å². The first-order valence-corrected chi connectivity index (χ1v) is 2.81. The predicted octanol–water partition coefficient (Wildman–Crippen LogP) is 0.509. The number of aliphatic hydroxyl groups is 2. The zero-order valence-electron chi connectivity index (χ0n) is 4.77. The zero-order chi connectivity index (χ0) is 8.36. The Hall–Kier alpha value is -0.0000000000000000555. The summed E-state index contributed by atoms with van der Waals surface area (Å²) >= 11 is 4.36. The van der Waals surface area contributed by atoms with Gasteiger partial charge in [0.05, 0.1) is 6.61 Å². The summed E-state index contributed by atoms with van der Waals surface area (Å²) in [6.45, 7) is -1.22. The Bertz CT molecular complexity index is 109. The van der Waals surface area contributed by atoms with Crippen molar-refractivity contribution in [1.29, 1.82) is 0 Å². The van der Waals surface area contributed by atoms with E-state index in [9.17, 15) is 13.2 Å². The summed E-state index contributed by atoms with van der Waals surface area (Å²) in [6, 6.07) is 0. The third-order valence-corrected chi connectivity index (χ3v) is 1.20. The normalized spacial score (nSPS) is 18.6. The van der Waals surface area contributed by atoms with Crippen molar-refractivity contribution < 1.29 is 23.4 Å². The fourth-order valence-corrected chi connectivity index (χ4v) is 0.413. The molecule has 0 heterocycles. The fraction of sp³-hybridized carbons (Fsp3) is 1.00. The third-order valence-electron chi connectivity index (χ3n) is 0.908. The Morgan fingerprint density at radius 3 is 2.00 bits per heavy atom. The number of rotatable bonds is 3.